The molecule has 2 aromatic rings. The zero-order valence-electron chi connectivity index (χ0n) is 22.4. The number of carboxylic acid groups (broad SMARTS) is 1. The van der Waals surface area contributed by atoms with Crippen molar-refractivity contribution in [1.82, 2.24) is 26.2 Å². The second-order valence-corrected chi connectivity index (χ2v) is 10.6. The number of urea groups is 1. The first kappa shape index (κ1) is 28.9. The predicted octanol–water partition coefficient (Wildman–Crippen LogP) is 3.47. The van der Waals surface area contributed by atoms with Crippen LogP contribution < -0.4 is 21.3 Å². The SMILES string of the molecule is CN(CC(=O)NC1CCCC1)C1=C(CC(=O)O)C(Cl)(C(NC(=O)NCc2ccccc2)c2ccccc2)N=CN1. The fourth-order valence-electron chi connectivity index (χ4n) is 5.11. The number of hydrogen-bond donors (Lipinski definition) is 5. The van der Waals surface area contributed by atoms with Gasteiger partial charge in [0.25, 0.3) is 0 Å². The minimum absolute atomic E-state index is 0.0102. The smallest absolute Gasteiger partial charge is 0.315 e. The average Bonchev–Trinajstić information content (AvgIpc) is 3.45. The van der Waals surface area contributed by atoms with Crippen molar-refractivity contribution in [2.24, 2.45) is 4.99 Å². The lowest BCUT2D eigenvalue weighted by Crippen LogP contribution is -2.51. The maximum atomic E-state index is 13.1. The maximum Gasteiger partial charge on any atom is 0.315 e. The molecule has 212 valence electrons. The quantitative estimate of drug-likeness (QED) is 0.209. The van der Waals surface area contributed by atoms with Crippen LogP contribution in [0.2, 0.25) is 0 Å². The minimum atomic E-state index is -1.69. The van der Waals surface area contributed by atoms with Crippen molar-refractivity contribution >= 4 is 35.8 Å². The average molecular weight is 567 g/mol. The molecule has 1 aliphatic heterocycles. The first-order chi connectivity index (χ1) is 19.3. The Labute approximate surface area is 238 Å². The summed E-state index contributed by atoms with van der Waals surface area (Å²) in [7, 11) is 1.69. The number of benzene rings is 2. The third-order valence-corrected chi connectivity index (χ3v) is 7.60. The van der Waals surface area contributed by atoms with E-state index in [1.54, 1.807) is 36.2 Å². The van der Waals surface area contributed by atoms with E-state index in [1.165, 1.54) is 6.34 Å². The zero-order chi connectivity index (χ0) is 28.5. The molecule has 5 N–H and O–H groups in total. The Morgan fingerprint density at radius 2 is 1.75 bits per heavy atom. The molecule has 2 atom stereocenters. The molecule has 1 heterocycles. The summed E-state index contributed by atoms with van der Waals surface area (Å²) in [5.74, 6) is -0.943. The molecule has 2 aliphatic rings. The van der Waals surface area contributed by atoms with Crippen LogP contribution in [-0.2, 0) is 16.1 Å². The molecule has 1 aliphatic carbocycles. The lowest BCUT2D eigenvalue weighted by atomic mass is 9.90. The Kier molecular flexibility index (Phi) is 9.65. The topological polar surface area (TPSA) is 135 Å². The highest BCUT2D eigenvalue weighted by molar-refractivity contribution is 6.27. The number of aliphatic imine (C=N–C) groups is 1. The van der Waals surface area contributed by atoms with Gasteiger partial charge in [-0.2, -0.15) is 0 Å². The largest absolute Gasteiger partial charge is 0.481 e. The number of nitrogens with one attached hydrogen (secondary N) is 4. The Balaban J connectivity index is 1.62. The standard InChI is InChI=1S/C29H35ClN6O4/c1-36(18-24(37)34-22-14-8-9-15-22)27-23(16-25(38)39)29(30,33-19-32-27)26(21-12-6-3-7-13-21)35-28(40)31-17-20-10-4-2-5-11-20/h2-7,10-13,19,22,26H,8-9,14-18H2,1H3,(H,32,33)(H,34,37)(H,38,39)(H2,31,35,40). The Morgan fingerprint density at radius 1 is 1.10 bits per heavy atom. The van der Waals surface area contributed by atoms with E-state index in [-0.39, 0.29) is 30.6 Å². The lowest BCUT2D eigenvalue weighted by Gasteiger charge is -2.39. The van der Waals surface area contributed by atoms with E-state index in [9.17, 15) is 19.5 Å². The fraction of sp³-hybridized carbons (Fsp3) is 0.379. The summed E-state index contributed by atoms with van der Waals surface area (Å²) in [6, 6.07) is 17.2. The number of hydrogen-bond acceptors (Lipinski definition) is 6. The predicted molar refractivity (Wildman–Crippen MR) is 154 cm³/mol. The number of nitrogens with zero attached hydrogens (tertiary/aromatic N) is 2. The van der Waals surface area contributed by atoms with Crippen molar-refractivity contribution in [3.05, 3.63) is 83.2 Å². The lowest BCUT2D eigenvalue weighted by molar-refractivity contribution is -0.136. The van der Waals surface area contributed by atoms with Gasteiger partial charge in [0.05, 0.1) is 25.3 Å². The second-order valence-electron chi connectivity index (χ2n) is 10.0. The molecule has 1 saturated carbocycles. The molecule has 2 unspecified atom stereocenters. The van der Waals surface area contributed by atoms with E-state index in [0.29, 0.717) is 11.4 Å². The number of likely N-dealkylation sites (N-methyl/N-ethyl adjacent to an activating group) is 1. The summed E-state index contributed by atoms with van der Waals surface area (Å²) in [5, 5.41) is 21.6. The molecule has 11 heteroatoms. The summed E-state index contributed by atoms with van der Waals surface area (Å²) >= 11 is 7.23. The van der Waals surface area contributed by atoms with E-state index in [0.717, 1.165) is 31.2 Å². The number of rotatable bonds is 11. The van der Waals surface area contributed by atoms with Crippen molar-refractivity contribution in [2.45, 2.75) is 55.7 Å². The van der Waals surface area contributed by atoms with E-state index in [1.807, 2.05) is 36.4 Å². The molecule has 2 aromatic carbocycles. The third-order valence-electron chi connectivity index (χ3n) is 7.06. The number of amides is 3. The van der Waals surface area contributed by atoms with Crippen molar-refractivity contribution in [3.8, 4) is 0 Å². The van der Waals surface area contributed by atoms with Crippen molar-refractivity contribution in [3.63, 3.8) is 0 Å². The van der Waals surface area contributed by atoms with Gasteiger partial charge in [-0.05, 0) is 24.0 Å². The van der Waals surface area contributed by atoms with Gasteiger partial charge in [-0.3, -0.25) is 9.59 Å². The number of carboxylic acids is 1. The van der Waals surface area contributed by atoms with Crippen LogP contribution in [0.1, 0.15) is 49.3 Å². The summed E-state index contributed by atoms with van der Waals surface area (Å²) in [6.45, 7) is 0.278. The minimum Gasteiger partial charge on any atom is -0.481 e. The van der Waals surface area contributed by atoms with Gasteiger partial charge < -0.3 is 31.3 Å². The second kappa shape index (κ2) is 13.3. The van der Waals surface area contributed by atoms with E-state index in [4.69, 9.17) is 11.6 Å². The highest BCUT2D eigenvalue weighted by Gasteiger charge is 2.46. The third kappa shape index (κ3) is 7.32. The molecule has 40 heavy (non-hydrogen) atoms. The Morgan fingerprint density at radius 3 is 2.40 bits per heavy atom. The molecule has 0 aromatic heterocycles. The Bertz CT molecular complexity index is 1250. The zero-order valence-corrected chi connectivity index (χ0v) is 23.2. The van der Waals surface area contributed by atoms with Gasteiger partial charge in [-0.25, -0.2) is 9.79 Å². The Hall–Kier alpha value is -4.05. The summed E-state index contributed by atoms with van der Waals surface area (Å²) in [4.78, 5) is 42.3. The van der Waals surface area contributed by atoms with Crippen LogP contribution >= 0.6 is 11.6 Å². The molecule has 3 amide bonds. The van der Waals surface area contributed by atoms with Crippen LogP contribution in [-0.4, -0.2) is 58.9 Å². The highest BCUT2D eigenvalue weighted by atomic mass is 35.5. The number of carbonyl (C=O) groups is 3. The molecule has 1 fully saturated rings. The normalized spacial score (nSPS) is 19.4. The number of halogens is 1. The number of alkyl halides is 1. The van der Waals surface area contributed by atoms with Crippen molar-refractivity contribution in [2.75, 3.05) is 13.6 Å². The number of aliphatic carboxylic acids is 1. The first-order valence-corrected chi connectivity index (χ1v) is 13.7. The molecule has 0 spiro atoms. The van der Waals surface area contributed by atoms with Gasteiger partial charge in [-0.15, -0.1) is 0 Å². The molecule has 0 saturated heterocycles. The van der Waals surface area contributed by atoms with Crippen LogP contribution in [0.25, 0.3) is 0 Å². The van der Waals surface area contributed by atoms with E-state index < -0.39 is 29.5 Å². The van der Waals surface area contributed by atoms with Gasteiger partial charge in [0.15, 0.2) is 5.00 Å². The molecule has 0 radical (unpaired) electrons. The monoisotopic (exact) mass is 566 g/mol. The molecule has 4 rings (SSSR count). The van der Waals surface area contributed by atoms with Crippen LogP contribution in [0.3, 0.4) is 0 Å². The van der Waals surface area contributed by atoms with Crippen LogP contribution in [0.5, 0.6) is 0 Å². The van der Waals surface area contributed by atoms with E-state index >= 15 is 0 Å². The fourth-order valence-corrected chi connectivity index (χ4v) is 5.50. The van der Waals surface area contributed by atoms with Gasteiger partial charge in [-0.1, -0.05) is 85.1 Å². The summed E-state index contributed by atoms with van der Waals surface area (Å²) in [6.07, 6.45) is 5.00. The highest BCUT2D eigenvalue weighted by Crippen LogP contribution is 2.43. The molecular formula is C29H35ClN6O4. The molecule has 0 bridgehead atoms. The van der Waals surface area contributed by atoms with Crippen LogP contribution in [0, 0.1) is 0 Å². The van der Waals surface area contributed by atoms with Gasteiger partial charge in [0.2, 0.25) is 5.91 Å². The van der Waals surface area contributed by atoms with Gasteiger partial charge in [0.1, 0.15) is 5.82 Å². The van der Waals surface area contributed by atoms with Crippen molar-refractivity contribution < 1.29 is 19.5 Å². The molecule has 10 nitrogen and oxygen atoms in total. The maximum absolute atomic E-state index is 13.1. The van der Waals surface area contributed by atoms with Crippen molar-refractivity contribution in [1.29, 1.82) is 0 Å². The van der Waals surface area contributed by atoms with Gasteiger partial charge >= 0.3 is 12.0 Å². The van der Waals surface area contributed by atoms with Gasteiger partial charge in [0, 0.05) is 25.2 Å². The summed E-state index contributed by atoms with van der Waals surface area (Å²) in [5.41, 5.74) is 1.77. The van der Waals surface area contributed by atoms with E-state index in [2.05, 4.69) is 26.3 Å². The van der Waals surface area contributed by atoms with Crippen LogP contribution in [0.15, 0.2) is 77.1 Å². The summed E-state index contributed by atoms with van der Waals surface area (Å²) < 4.78 is 0. The molecular weight excluding hydrogens is 532 g/mol. The number of carbonyl (C=O) groups excluding carboxylic acids is 2. The van der Waals surface area contributed by atoms with Crippen LogP contribution in [0.4, 0.5) is 4.79 Å². The first-order valence-electron chi connectivity index (χ1n) is 13.3.